The van der Waals surface area contributed by atoms with Crippen LogP contribution >= 0.6 is 0 Å². The summed E-state index contributed by atoms with van der Waals surface area (Å²) in [4.78, 5) is 15.8. The Kier molecular flexibility index (Phi) is 5.25. The molecule has 0 aliphatic rings. The Morgan fingerprint density at radius 3 is 2.32 bits per heavy atom. The lowest BCUT2D eigenvalue weighted by Gasteiger charge is -2.10. The van der Waals surface area contributed by atoms with E-state index in [1.165, 1.54) is 0 Å². The number of aromatic nitrogens is 1. The number of rotatable bonds is 5. The van der Waals surface area contributed by atoms with E-state index in [0.717, 1.165) is 17.0 Å². The second-order valence-electron chi connectivity index (χ2n) is 5.07. The van der Waals surface area contributed by atoms with Gasteiger partial charge in [-0.25, -0.2) is 5.43 Å². The largest absolute Gasteiger partial charge is 0.491 e. The van der Waals surface area contributed by atoms with E-state index in [4.69, 9.17) is 4.74 Å². The Balaban J connectivity index is 2.01. The van der Waals surface area contributed by atoms with Crippen LogP contribution in [-0.4, -0.2) is 22.7 Å². The van der Waals surface area contributed by atoms with Crippen LogP contribution in [0.3, 0.4) is 0 Å². The van der Waals surface area contributed by atoms with E-state index in [1.807, 2.05) is 45.0 Å². The van der Waals surface area contributed by atoms with Crippen molar-refractivity contribution in [2.75, 3.05) is 0 Å². The molecule has 5 heteroatoms. The highest BCUT2D eigenvalue weighted by molar-refractivity contribution is 6.00. The Hall–Kier alpha value is -2.69. The van der Waals surface area contributed by atoms with Crippen LogP contribution in [0.2, 0.25) is 0 Å². The number of hydrazone groups is 1. The summed E-state index contributed by atoms with van der Waals surface area (Å²) in [6.07, 6.45) is 3.28. The van der Waals surface area contributed by atoms with Gasteiger partial charge in [0.05, 0.1) is 11.8 Å². The second kappa shape index (κ2) is 7.36. The van der Waals surface area contributed by atoms with Gasteiger partial charge in [0.25, 0.3) is 5.91 Å². The standard InChI is InChI=1S/C17H19N3O2/c1-12(2)22-16-6-4-14(5-7-16)13(3)19-20-17(21)15-8-10-18-11-9-15/h4-12H,1-3H3,(H,20,21)/b19-13-. The summed E-state index contributed by atoms with van der Waals surface area (Å²) >= 11 is 0. The zero-order chi connectivity index (χ0) is 15.9. The molecule has 0 unspecified atom stereocenters. The first-order chi connectivity index (χ1) is 10.6. The van der Waals surface area contributed by atoms with Crippen molar-refractivity contribution in [3.05, 3.63) is 59.9 Å². The van der Waals surface area contributed by atoms with Crippen molar-refractivity contribution in [3.63, 3.8) is 0 Å². The zero-order valence-electron chi connectivity index (χ0n) is 12.9. The van der Waals surface area contributed by atoms with Crippen molar-refractivity contribution in [1.29, 1.82) is 0 Å². The summed E-state index contributed by atoms with van der Waals surface area (Å²) in [6.45, 7) is 5.80. The molecule has 2 aromatic rings. The smallest absolute Gasteiger partial charge is 0.271 e. The lowest BCUT2D eigenvalue weighted by Crippen LogP contribution is -2.19. The fourth-order valence-electron chi connectivity index (χ4n) is 1.81. The maximum atomic E-state index is 11.9. The number of ether oxygens (including phenoxy) is 1. The van der Waals surface area contributed by atoms with Gasteiger partial charge in [0.2, 0.25) is 0 Å². The first-order valence-corrected chi connectivity index (χ1v) is 7.08. The quantitative estimate of drug-likeness (QED) is 0.681. The number of amides is 1. The van der Waals surface area contributed by atoms with Crippen molar-refractivity contribution < 1.29 is 9.53 Å². The number of nitrogens with zero attached hydrogens (tertiary/aromatic N) is 2. The molecule has 0 fully saturated rings. The van der Waals surface area contributed by atoms with E-state index >= 15 is 0 Å². The SMILES string of the molecule is C/C(=N/NC(=O)c1ccncc1)c1ccc(OC(C)C)cc1. The van der Waals surface area contributed by atoms with E-state index in [2.05, 4.69) is 15.5 Å². The highest BCUT2D eigenvalue weighted by atomic mass is 16.5. The third-order valence-corrected chi connectivity index (χ3v) is 2.91. The van der Waals surface area contributed by atoms with Gasteiger partial charge in [-0.05, 0) is 62.7 Å². The van der Waals surface area contributed by atoms with Crippen molar-refractivity contribution in [2.24, 2.45) is 5.10 Å². The fourth-order valence-corrected chi connectivity index (χ4v) is 1.81. The number of carbonyl (C=O) groups excluding carboxylic acids is 1. The molecule has 0 aliphatic carbocycles. The minimum atomic E-state index is -0.262. The lowest BCUT2D eigenvalue weighted by molar-refractivity contribution is 0.0954. The van der Waals surface area contributed by atoms with Gasteiger partial charge in [-0.3, -0.25) is 9.78 Å². The molecule has 0 atom stereocenters. The second-order valence-corrected chi connectivity index (χ2v) is 5.07. The minimum absolute atomic E-state index is 0.139. The number of pyridine rings is 1. The zero-order valence-corrected chi connectivity index (χ0v) is 12.9. The molecule has 0 aliphatic heterocycles. The summed E-state index contributed by atoms with van der Waals surface area (Å²) in [5, 5.41) is 4.12. The molecule has 1 N–H and O–H groups in total. The molecule has 0 saturated heterocycles. The topological polar surface area (TPSA) is 63.6 Å². The predicted molar refractivity (Wildman–Crippen MR) is 86.1 cm³/mol. The number of hydrogen-bond donors (Lipinski definition) is 1. The minimum Gasteiger partial charge on any atom is -0.491 e. The van der Waals surface area contributed by atoms with E-state index in [9.17, 15) is 4.79 Å². The average Bonchev–Trinajstić information content (AvgIpc) is 2.53. The van der Waals surface area contributed by atoms with Crippen LogP contribution in [0.15, 0.2) is 53.9 Å². The van der Waals surface area contributed by atoms with Crippen LogP contribution in [0, 0.1) is 0 Å². The molecule has 1 heterocycles. The van der Waals surface area contributed by atoms with Crippen molar-refractivity contribution >= 4 is 11.6 Å². The Morgan fingerprint density at radius 1 is 1.09 bits per heavy atom. The summed E-state index contributed by atoms with van der Waals surface area (Å²) in [6, 6.07) is 10.9. The van der Waals surface area contributed by atoms with Crippen molar-refractivity contribution in [2.45, 2.75) is 26.9 Å². The monoisotopic (exact) mass is 297 g/mol. The molecule has 2 rings (SSSR count). The van der Waals surface area contributed by atoms with E-state index < -0.39 is 0 Å². The third kappa shape index (κ3) is 4.41. The summed E-state index contributed by atoms with van der Waals surface area (Å²) < 4.78 is 5.59. The number of carbonyl (C=O) groups is 1. The molecule has 0 bridgehead atoms. The molecule has 22 heavy (non-hydrogen) atoms. The van der Waals surface area contributed by atoms with Crippen molar-refractivity contribution in [1.82, 2.24) is 10.4 Å². The fraction of sp³-hybridized carbons (Fsp3) is 0.235. The summed E-state index contributed by atoms with van der Waals surface area (Å²) in [5.41, 5.74) is 4.70. The van der Waals surface area contributed by atoms with Crippen LogP contribution in [0.25, 0.3) is 0 Å². The molecule has 0 saturated carbocycles. The Labute approximate surface area is 130 Å². The Morgan fingerprint density at radius 2 is 1.73 bits per heavy atom. The molecule has 1 aromatic heterocycles. The van der Waals surface area contributed by atoms with Gasteiger partial charge in [-0.2, -0.15) is 5.10 Å². The molecule has 1 amide bonds. The third-order valence-electron chi connectivity index (χ3n) is 2.91. The molecule has 5 nitrogen and oxygen atoms in total. The normalized spacial score (nSPS) is 11.4. The summed E-state index contributed by atoms with van der Waals surface area (Å²) in [5.74, 6) is 0.550. The van der Waals surface area contributed by atoms with E-state index in [-0.39, 0.29) is 12.0 Å². The van der Waals surface area contributed by atoms with Crippen LogP contribution in [-0.2, 0) is 0 Å². The van der Waals surface area contributed by atoms with E-state index in [1.54, 1.807) is 24.5 Å². The van der Waals surface area contributed by atoms with Crippen LogP contribution < -0.4 is 10.2 Å². The van der Waals surface area contributed by atoms with Gasteiger partial charge in [-0.15, -0.1) is 0 Å². The molecular formula is C17H19N3O2. The predicted octanol–water partition coefficient (Wildman–Crippen LogP) is 3.02. The van der Waals surface area contributed by atoms with Gasteiger partial charge in [0, 0.05) is 18.0 Å². The van der Waals surface area contributed by atoms with Gasteiger partial charge >= 0.3 is 0 Å². The van der Waals surface area contributed by atoms with Gasteiger partial charge in [0.15, 0.2) is 0 Å². The maximum Gasteiger partial charge on any atom is 0.271 e. The molecule has 114 valence electrons. The first kappa shape index (κ1) is 15.7. The Bertz CT molecular complexity index is 649. The number of nitrogens with one attached hydrogen (secondary N) is 1. The molecule has 0 spiro atoms. The highest BCUT2D eigenvalue weighted by Crippen LogP contribution is 2.14. The van der Waals surface area contributed by atoms with Crippen LogP contribution in [0.1, 0.15) is 36.7 Å². The van der Waals surface area contributed by atoms with E-state index in [0.29, 0.717) is 5.56 Å². The van der Waals surface area contributed by atoms with Gasteiger partial charge < -0.3 is 4.74 Å². The maximum absolute atomic E-state index is 11.9. The van der Waals surface area contributed by atoms with Crippen LogP contribution in [0.4, 0.5) is 0 Å². The van der Waals surface area contributed by atoms with Gasteiger partial charge in [0.1, 0.15) is 5.75 Å². The first-order valence-electron chi connectivity index (χ1n) is 7.08. The van der Waals surface area contributed by atoms with Crippen LogP contribution in [0.5, 0.6) is 5.75 Å². The summed E-state index contributed by atoms with van der Waals surface area (Å²) in [7, 11) is 0. The molecule has 0 radical (unpaired) electrons. The number of hydrogen-bond acceptors (Lipinski definition) is 4. The highest BCUT2D eigenvalue weighted by Gasteiger charge is 2.04. The average molecular weight is 297 g/mol. The number of benzene rings is 1. The lowest BCUT2D eigenvalue weighted by atomic mass is 10.1. The van der Waals surface area contributed by atoms with Crippen molar-refractivity contribution in [3.8, 4) is 5.75 Å². The molecule has 1 aromatic carbocycles. The molecular weight excluding hydrogens is 278 g/mol. The van der Waals surface area contributed by atoms with Gasteiger partial charge in [-0.1, -0.05) is 0 Å².